The van der Waals surface area contributed by atoms with Crippen LogP contribution in [0.5, 0.6) is 5.75 Å². The van der Waals surface area contributed by atoms with Gasteiger partial charge in [-0.1, -0.05) is 0 Å². The molecule has 2 aromatic carbocycles. The number of ether oxygens (including phenoxy) is 1. The summed E-state index contributed by atoms with van der Waals surface area (Å²) in [5, 5.41) is 2.29. The normalized spacial score (nSPS) is 21.6. The highest BCUT2D eigenvalue weighted by atomic mass is 19.1. The molecule has 0 radical (unpaired) electrons. The second-order valence-corrected chi connectivity index (χ2v) is 6.99. The Hall–Kier alpha value is -3.42. The van der Waals surface area contributed by atoms with E-state index < -0.39 is 29.1 Å². The molecule has 1 spiro atoms. The van der Waals surface area contributed by atoms with Gasteiger partial charge in [-0.25, -0.2) is 14.1 Å². The maximum Gasteiger partial charge on any atom is 0.335 e. The number of rotatable bonds is 2. The number of methoxy groups -OCH3 is 1. The van der Waals surface area contributed by atoms with E-state index in [0.717, 1.165) is 28.3 Å². The van der Waals surface area contributed by atoms with E-state index in [-0.39, 0.29) is 18.7 Å². The van der Waals surface area contributed by atoms with Crippen molar-refractivity contribution < 1.29 is 23.5 Å². The molecule has 1 atom stereocenters. The Kier molecular flexibility index (Phi) is 4.06. The second kappa shape index (κ2) is 6.33. The first-order chi connectivity index (χ1) is 13.4. The number of amides is 4. The minimum absolute atomic E-state index is 0.113. The summed E-state index contributed by atoms with van der Waals surface area (Å²) in [5.74, 6) is -1.15. The number of fused-ring (bicyclic) bond motifs is 1. The lowest BCUT2D eigenvalue weighted by Crippen LogP contribution is -2.68. The highest BCUT2D eigenvalue weighted by Gasteiger charge is 2.56. The van der Waals surface area contributed by atoms with Crippen LogP contribution in [0.1, 0.15) is 5.56 Å². The van der Waals surface area contributed by atoms with Gasteiger partial charge in [-0.05, 0) is 54.4 Å². The van der Waals surface area contributed by atoms with Crippen molar-refractivity contribution in [1.82, 2.24) is 5.32 Å². The van der Waals surface area contributed by atoms with Crippen LogP contribution in [-0.2, 0) is 16.0 Å². The van der Waals surface area contributed by atoms with Crippen LogP contribution < -0.4 is 19.9 Å². The Morgan fingerprint density at radius 3 is 2.50 bits per heavy atom. The number of barbiturate groups is 1. The van der Waals surface area contributed by atoms with Gasteiger partial charge in [0.25, 0.3) is 5.91 Å². The number of carbonyl (C=O) groups excluding carboxylic acids is 3. The van der Waals surface area contributed by atoms with Gasteiger partial charge in [0.05, 0.1) is 12.8 Å². The zero-order valence-corrected chi connectivity index (χ0v) is 15.4. The van der Waals surface area contributed by atoms with Crippen molar-refractivity contribution in [3.8, 4) is 5.75 Å². The van der Waals surface area contributed by atoms with E-state index in [1.165, 1.54) is 19.2 Å². The number of imide groups is 2. The average Bonchev–Trinajstić information content (AvgIpc) is 2.67. The van der Waals surface area contributed by atoms with Gasteiger partial charge in [-0.3, -0.25) is 14.9 Å². The van der Waals surface area contributed by atoms with E-state index in [0.29, 0.717) is 5.75 Å². The summed E-state index contributed by atoms with van der Waals surface area (Å²) in [5.41, 5.74) is 0.383. The van der Waals surface area contributed by atoms with Crippen LogP contribution in [0.15, 0.2) is 42.5 Å². The molecule has 0 aromatic heterocycles. The van der Waals surface area contributed by atoms with Gasteiger partial charge in [0.15, 0.2) is 5.41 Å². The van der Waals surface area contributed by atoms with Crippen molar-refractivity contribution in [2.24, 2.45) is 5.41 Å². The fraction of sp³-hybridized carbons (Fsp3) is 0.250. The van der Waals surface area contributed by atoms with Crippen LogP contribution in [0.3, 0.4) is 0 Å². The first kappa shape index (κ1) is 18.0. The number of nitrogens with one attached hydrogen (secondary N) is 1. The minimum atomic E-state index is -1.48. The summed E-state index contributed by atoms with van der Waals surface area (Å²) in [6.45, 7) is 0.113. The smallest absolute Gasteiger partial charge is 0.335 e. The molecule has 0 aliphatic carbocycles. The SMILES string of the molecule is COc1ccc2c(c1)C[C@@]1(CN2C)C(=O)NC(=O)N(c2ccc(F)cc2)C1=O. The topological polar surface area (TPSA) is 79.0 Å². The molecule has 28 heavy (non-hydrogen) atoms. The van der Waals surface area contributed by atoms with Gasteiger partial charge >= 0.3 is 6.03 Å². The highest BCUT2D eigenvalue weighted by molar-refractivity contribution is 6.30. The second-order valence-electron chi connectivity index (χ2n) is 6.99. The lowest BCUT2D eigenvalue weighted by Gasteiger charge is -2.45. The number of hydrogen-bond acceptors (Lipinski definition) is 5. The number of nitrogens with zero attached hydrogens (tertiary/aromatic N) is 2. The molecule has 1 N–H and O–H groups in total. The molecule has 2 aliphatic heterocycles. The summed E-state index contributed by atoms with van der Waals surface area (Å²) in [4.78, 5) is 41.4. The third kappa shape index (κ3) is 2.60. The molecule has 8 heteroatoms. The molecule has 7 nitrogen and oxygen atoms in total. The average molecular weight is 383 g/mol. The fourth-order valence-corrected chi connectivity index (χ4v) is 3.87. The molecule has 0 unspecified atom stereocenters. The molecule has 4 rings (SSSR count). The molecular formula is C20H18FN3O4. The quantitative estimate of drug-likeness (QED) is 0.804. The standard InChI is InChI=1S/C20H18FN3O4/c1-23-11-20(10-12-9-15(28-2)7-8-16(12)23)17(25)22-19(27)24(18(20)26)14-5-3-13(21)4-6-14/h3-9H,10-11H2,1-2H3,(H,22,25,27)/t20-/m1/s1. The first-order valence-electron chi connectivity index (χ1n) is 8.69. The molecule has 2 heterocycles. The van der Waals surface area contributed by atoms with Crippen LogP contribution >= 0.6 is 0 Å². The monoisotopic (exact) mass is 383 g/mol. The molecule has 1 fully saturated rings. The maximum atomic E-state index is 13.4. The summed E-state index contributed by atoms with van der Waals surface area (Å²) >= 11 is 0. The van der Waals surface area contributed by atoms with Crippen molar-refractivity contribution in [2.45, 2.75) is 6.42 Å². The lowest BCUT2D eigenvalue weighted by molar-refractivity contribution is -0.142. The van der Waals surface area contributed by atoms with Crippen molar-refractivity contribution in [3.05, 3.63) is 53.8 Å². The summed E-state index contributed by atoms with van der Waals surface area (Å²) in [6, 6.07) is 9.61. The van der Waals surface area contributed by atoms with Gasteiger partial charge in [0.2, 0.25) is 5.91 Å². The zero-order valence-electron chi connectivity index (χ0n) is 15.4. The van der Waals surface area contributed by atoms with E-state index in [4.69, 9.17) is 4.74 Å². The van der Waals surface area contributed by atoms with Crippen molar-refractivity contribution >= 4 is 29.2 Å². The lowest BCUT2D eigenvalue weighted by atomic mass is 9.74. The van der Waals surface area contributed by atoms with E-state index in [2.05, 4.69) is 5.32 Å². The Balaban J connectivity index is 1.79. The molecular weight excluding hydrogens is 365 g/mol. The van der Waals surface area contributed by atoms with E-state index in [1.54, 1.807) is 13.1 Å². The van der Waals surface area contributed by atoms with Crippen molar-refractivity contribution in [2.75, 3.05) is 30.5 Å². The minimum Gasteiger partial charge on any atom is -0.497 e. The molecule has 144 valence electrons. The van der Waals surface area contributed by atoms with Gasteiger partial charge in [0, 0.05) is 19.3 Å². The first-order valence-corrected chi connectivity index (χ1v) is 8.69. The van der Waals surface area contributed by atoms with Crippen LogP contribution in [0.25, 0.3) is 0 Å². The van der Waals surface area contributed by atoms with Gasteiger partial charge in [-0.2, -0.15) is 0 Å². The van der Waals surface area contributed by atoms with Gasteiger partial charge in [-0.15, -0.1) is 0 Å². The predicted molar refractivity (Wildman–Crippen MR) is 99.8 cm³/mol. The van der Waals surface area contributed by atoms with Crippen molar-refractivity contribution in [3.63, 3.8) is 0 Å². The van der Waals surface area contributed by atoms with Crippen molar-refractivity contribution in [1.29, 1.82) is 0 Å². The Labute approximate surface area is 160 Å². The molecule has 4 amide bonds. The van der Waals surface area contributed by atoms with E-state index >= 15 is 0 Å². The van der Waals surface area contributed by atoms with Crippen LogP contribution in [0.2, 0.25) is 0 Å². The Morgan fingerprint density at radius 1 is 1.11 bits per heavy atom. The van der Waals surface area contributed by atoms with Crippen LogP contribution in [0, 0.1) is 11.2 Å². The molecule has 2 aliphatic rings. The van der Waals surface area contributed by atoms with E-state index in [1.807, 2.05) is 17.0 Å². The third-order valence-corrected chi connectivity index (χ3v) is 5.25. The summed E-state index contributed by atoms with van der Waals surface area (Å²) in [7, 11) is 3.32. The Bertz CT molecular complexity index is 991. The third-order valence-electron chi connectivity index (χ3n) is 5.25. The van der Waals surface area contributed by atoms with E-state index in [9.17, 15) is 18.8 Å². The van der Waals surface area contributed by atoms with Crippen LogP contribution in [-0.4, -0.2) is 38.5 Å². The van der Waals surface area contributed by atoms with Crippen LogP contribution in [0.4, 0.5) is 20.6 Å². The maximum absolute atomic E-state index is 13.4. The Morgan fingerprint density at radius 2 is 1.82 bits per heavy atom. The van der Waals surface area contributed by atoms with Gasteiger partial charge < -0.3 is 9.64 Å². The summed E-state index contributed by atoms with van der Waals surface area (Å²) < 4.78 is 18.5. The fourth-order valence-electron chi connectivity index (χ4n) is 3.87. The highest BCUT2D eigenvalue weighted by Crippen LogP contribution is 2.41. The molecule has 2 aromatic rings. The number of benzene rings is 2. The zero-order chi connectivity index (χ0) is 20.1. The predicted octanol–water partition coefficient (Wildman–Crippen LogP) is 2.10. The molecule has 0 bridgehead atoms. The number of hydrogen-bond donors (Lipinski definition) is 1. The molecule has 1 saturated heterocycles. The largest absolute Gasteiger partial charge is 0.497 e. The number of urea groups is 1. The summed E-state index contributed by atoms with van der Waals surface area (Å²) in [6.07, 6.45) is 0.125. The number of halogens is 1. The van der Waals surface area contributed by atoms with Gasteiger partial charge in [0.1, 0.15) is 11.6 Å². The number of anilines is 2. The molecule has 0 saturated carbocycles. The number of carbonyl (C=O) groups is 3.